The van der Waals surface area contributed by atoms with Crippen molar-refractivity contribution in [2.24, 2.45) is 0 Å². The number of carbonyl (C=O) groups excluding carboxylic acids is 3. The molecule has 0 saturated carbocycles. The summed E-state index contributed by atoms with van der Waals surface area (Å²) in [7, 11) is 0. The number of fused-ring (bicyclic) bond motifs is 1. The van der Waals surface area contributed by atoms with Crippen LogP contribution in [-0.2, 0) is 14.3 Å². The largest absolute Gasteiger partial charge is 0.444 e. The molecule has 1 aromatic carbocycles. The van der Waals surface area contributed by atoms with Gasteiger partial charge < -0.3 is 14.8 Å². The Morgan fingerprint density at radius 1 is 1.00 bits per heavy atom. The highest BCUT2D eigenvalue weighted by atomic mass is 19.4. The summed E-state index contributed by atoms with van der Waals surface area (Å²) in [4.78, 5) is 37.6. The molecule has 0 saturated heterocycles. The van der Waals surface area contributed by atoms with E-state index >= 15 is 0 Å². The van der Waals surface area contributed by atoms with Crippen LogP contribution in [0.3, 0.4) is 0 Å². The van der Waals surface area contributed by atoms with E-state index in [9.17, 15) is 49.5 Å². The third kappa shape index (κ3) is 7.85. The number of benzene rings is 1. The van der Waals surface area contributed by atoms with Crippen molar-refractivity contribution in [1.82, 2.24) is 5.32 Å². The number of hydrogen-bond donors (Lipinski definition) is 1. The molecule has 0 fully saturated rings. The maximum absolute atomic E-state index is 14.0. The van der Waals surface area contributed by atoms with Crippen molar-refractivity contribution in [1.29, 1.82) is 0 Å². The van der Waals surface area contributed by atoms with Crippen molar-refractivity contribution in [2.45, 2.75) is 44.8 Å². The smallest absolute Gasteiger partial charge is 0.422 e. The van der Waals surface area contributed by atoms with Crippen LogP contribution in [0, 0.1) is 11.6 Å². The highest BCUT2D eigenvalue weighted by Gasteiger charge is 2.44. The third-order valence-corrected chi connectivity index (χ3v) is 4.14. The van der Waals surface area contributed by atoms with Gasteiger partial charge in [-0.25, -0.2) is 18.4 Å². The number of carbonyl (C=O) groups is 3. The number of rotatable bonds is 3. The normalized spacial score (nSPS) is 17.0. The molecule has 16 heteroatoms. The second-order valence-corrected chi connectivity index (χ2v) is 8.27. The van der Waals surface area contributed by atoms with Crippen molar-refractivity contribution in [3.63, 3.8) is 0 Å². The fourth-order valence-electron chi connectivity index (χ4n) is 2.92. The molecule has 2 rings (SSSR count). The summed E-state index contributed by atoms with van der Waals surface area (Å²) < 4.78 is 114. The Hall–Kier alpha value is -3.33. The number of hydrogen-bond acceptors (Lipinski definition) is 5. The molecule has 1 aliphatic rings. The Morgan fingerprint density at radius 2 is 1.54 bits per heavy atom. The fraction of sp³-hybridized carbons (Fsp3) is 0.526. The molecule has 0 aromatic heterocycles. The number of amides is 3. The van der Waals surface area contributed by atoms with E-state index in [0.29, 0.717) is 0 Å². The lowest BCUT2D eigenvalue weighted by Crippen LogP contribution is -2.55. The molecule has 1 heterocycles. The summed E-state index contributed by atoms with van der Waals surface area (Å²) in [6.07, 6.45) is -13.3. The van der Waals surface area contributed by atoms with E-state index in [2.05, 4.69) is 4.74 Å². The van der Waals surface area contributed by atoms with Crippen LogP contribution in [0.5, 0.6) is 0 Å². The summed E-state index contributed by atoms with van der Waals surface area (Å²) in [5.74, 6) is -4.94. The zero-order valence-corrected chi connectivity index (χ0v) is 18.3. The predicted octanol–water partition coefficient (Wildman–Crippen LogP) is 4.27. The van der Waals surface area contributed by atoms with Crippen LogP contribution in [0.1, 0.15) is 20.8 Å². The molecule has 0 bridgehead atoms. The Bertz CT molecular complexity index is 990. The van der Waals surface area contributed by atoms with Crippen molar-refractivity contribution in [3.05, 3.63) is 23.8 Å². The van der Waals surface area contributed by atoms with Crippen molar-refractivity contribution >= 4 is 29.5 Å². The molecule has 1 aromatic rings. The maximum atomic E-state index is 14.0. The standard InChI is InChI=1S/C19H19F8N3O5/c1-17(2,3)35-15(32)28-11-6-29(16(33)34-8-19(25,26)27)12-4-9(20)10(21)5-13(12)30(14(11)31)7-18(22,23)24/h4-5,11H,6-8H2,1-3H3,(H,28,32)/t11-/m0/s1. The minimum atomic E-state index is -5.10. The van der Waals surface area contributed by atoms with Crippen LogP contribution >= 0.6 is 0 Å². The lowest BCUT2D eigenvalue weighted by molar-refractivity contribution is -0.159. The number of alkyl carbamates (subject to hydrolysis) is 1. The minimum Gasteiger partial charge on any atom is -0.444 e. The van der Waals surface area contributed by atoms with Gasteiger partial charge >= 0.3 is 24.5 Å². The lowest BCUT2D eigenvalue weighted by Gasteiger charge is -2.27. The van der Waals surface area contributed by atoms with Crippen molar-refractivity contribution < 1.29 is 59.0 Å². The zero-order valence-electron chi connectivity index (χ0n) is 18.3. The van der Waals surface area contributed by atoms with Gasteiger partial charge in [0.25, 0.3) is 5.91 Å². The molecule has 8 nitrogen and oxygen atoms in total. The van der Waals surface area contributed by atoms with E-state index in [1.54, 1.807) is 0 Å². The SMILES string of the molecule is CC(C)(C)OC(=O)N[C@H]1CN(C(=O)OCC(F)(F)F)c2cc(F)c(F)cc2N(CC(F)(F)F)C1=O. The number of nitrogens with one attached hydrogen (secondary N) is 1. The fourth-order valence-corrected chi connectivity index (χ4v) is 2.92. The molecule has 3 amide bonds. The van der Waals surface area contributed by atoms with Crippen LogP contribution in [0.4, 0.5) is 56.1 Å². The van der Waals surface area contributed by atoms with Gasteiger partial charge in [-0.3, -0.25) is 14.6 Å². The molecule has 0 unspecified atom stereocenters. The molecule has 0 spiro atoms. The van der Waals surface area contributed by atoms with E-state index < -0.39 is 84.8 Å². The van der Waals surface area contributed by atoms with Gasteiger partial charge in [-0.2, -0.15) is 26.3 Å². The van der Waals surface area contributed by atoms with E-state index in [0.717, 1.165) is 0 Å². The van der Waals surface area contributed by atoms with Crippen LogP contribution in [-0.4, -0.2) is 61.8 Å². The highest BCUT2D eigenvalue weighted by molar-refractivity contribution is 6.06. The van der Waals surface area contributed by atoms with E-state index in [1.807, 2.05) is 5.32 Å². The van der Waals surface area contributed by atoms with E-state index in [4.69, 9.17) is 4.74 Å². The Balaban J connectivity index is 2.60. The van der Waals surface area contributed by atoms with Crippen molar-refractivity contribution in [3.8, 4) is 0 Å². The van der Waals surface area contributed by atoms with E-state index in [-0.39, 0.29) is 21.9 Å². The van der Waals surface area contributed by atoms with Gasteiger partial charge in [0.2, 0.25) is 0 Å². The monoisotopic (exact) mass is 521 g/mol. The molecule has 1 aliphatic heterocycles. The molecule has 1 atom stereocenters. The Kier molecular flexibility index (Phi) is 7.76. The van der Waals surface area contributed by atoms with Gasteiger partial charge in [-0.05, 0) is 20.8 Å². The van der Waals surface area contributed by atoms with E-state index in [1.165, 1.54) is 20.8 Å². The number of halogens is 8. The summed E-state index contributed by atoms with van der Waals surface area (Å²) >= 11 is 0. The first kappa shape index (κ1) is 27.9. The van der Waals surface area contributed by atoms with Gasteiger partial charge in [-0.1, -0.05) is 0 Å². The molecule has 1 N–H and O–H groups in total. The second kappa shape index (κ2) is 9.73. The first-order chi connectivity index (χ1) is 15.8. The molecule has 0 radical (unpaired) electrons. The highest BCUT2D eigenvalue weighted by Crippen LogP contribution is 2.37. The second-order valence-electron chi connectivity index (χ2n) is 8.27. The average molecular weight is 521 g/mol. The maximum Gasteiger partial charge on any atom is 0.422 e. The van der Waals surface area contributed by atoms with Gasteiger partial charge in [0.05, 0.1) is 17.9 Å². The molecular formula is C19H19F8N3O5. The number of ether oxygens (including phenoxy) is 2. The summed E-state index contributed by atoms with van der Waals surface area (Å²) in [6.45, 7) is -1.05. The van der Waals surface area contributed by atoms with Gasteiger partial charge in [0.15, 0.2) is 18.2 Å². The minimum absolute atomic E-state index is 0.0864. The Morgan fingerprint density at radius 3 is 2.03 bits per heavy atom. The first-order valence-corrected chi connectivity index (χ1v) is 9.65. The summed E-state index contributed by atoms with van der Waals surface area (Å²) in [6, 6.07) is -1.66. The summed E-state index contributed by atoms with van der Waals surface area (Å²) in [5.41, 5.74) is -3.03. The van der Waals surface area contributed by atoms with Crippen molar-refractivity contribution in [2.75, 3.05) is 29.5 Å². The van der Waals surface area contributed by atoms with Crippen LogP contribution in [0.2, 0.25) is 0 Å². The number of alkyl halides is 6. The van der Waals surface area contributed by atoms with Crippen LogP contribution < -0.4 is 15.1 Å². The predicted molar refractivity (Wildman–Crippen MR) is 103 cm³/mol. The number of anilines is 2. The van der Waals surface area contributed by atoms with Gasteiger partial charge in [-0.15, -0.1) is 0 Å². The average Bonchev–Trinajstić information content (AvgIpc) is 2.75. The number of nitrogens with zero attached hydrogens (tertiary/aromatic N) is 2. The molecular weight excluding hydrogens is 502 g/mol. The van der Waals surface area contributed by atoms with Crippen LogP contribution in [0.15, 0.2) is 12.1 Å². The summed E-state index contributed by atoms with van der Waals surface area (Å²) in [5, 5.41) is 1.92. The topological polar surface area (TPSA) is 88.2 Å². The zero-order chi connectivity index (χ0) is 26.9. The van der Waals surface area contributed by atoms with Gasteiger partial charge in [0, 0.05) is 12.1 Å². The first-order valence-electron chi connectivity index (χ1n) is 9.65. The lowest BCUT2D eigenvalue weighted by atomic mass is 10.2. The quantitative estimate of drug-likeness (QED) is 0.601. The Labute approximate surface area is 192 Å². The molecule has 0 aliphatic carbocycles. The molecule has 196 valence electrons. The third-order valence-electron chi connectivity index (χ3n) is 4.14. The van der Waals surface area contributed by atoms with Gasteiger partial charge in [0.1, 0.15) is 18.2 Å². The van der Waals surface area contributed by atoms with Crippen LogP contribution in [0.25, 0.3) is 0 Å². The molecule has 35 heavy (non-hydrogen) atoms.